The number of hydrogen-bond donors (Lipinski definition) is 1. The Morgan fingerprint density at radius 1 is 0.939 bits per heavy atom. The summed E-state index contributed by atoms with van der Waals surface area (Å²) >= 11 is 0. The Bertz CT molecular complexity index is 1060. The summed E-state index contributed by atoms with van der Waals surface area (Å²) < 4.78 is 20.3. The molecule has 2 atom stereocenters. The zero-order chi connectivity index (χ0) is 22.7. The van der Waals surface area contributed by atoms with Gasteiger partial charge in [-0.1, -0.05) is 49.2 Å². The van der Waals surface area contributed by atoms with Crippen molar-refractivity contribution in [2.75, 3.05) is 13.2 Å². The second kappa shape index (κ2) is 9.36. The highest BCUT2D eigenvalue weighted by Crippen LogP contribution is 2.52. The molecule has 1 saturated carbocycles. The van der Waals surface area contributed by atoms with Gasteiger partial charge in [0, 0.05) is 24.4 Å². The number of rotatable bonds is 6. The van der Waals surface area contributed by atoms with Crippen molar-refractivity contribution in [1.82, 2.24) is 4.98 Å². The van der Waals surface area contributed by atoms with Gasteiger partial charge in [-0.05, 0) is 91.1 Å². The molecule has 1 aliphatic carbocycles. The van der Waals surface area contributed by atoms with Gasteiger partial charge in [0.25, 0.3) is 0 Å². The number of nitrogens with zero attached hydrogens (tertiary/aromatic N) is 1. The van der Waals surface area contributed by atoms with Crippen LogP contribution in [-0.2, 0) is 16.6 Å². The van der Waals surface area contributed by atoms with Crippen LogP contribution in [0.15, 0.2) is 73.1 Å². The minimum Gasteiger partial charge on any atom is -0.375 e. The summed E-state index contributed by atoms with van der Waals surface area (Å²) in [5.41, 5.74) is 11.3. The van der Waals surface area contributed by atoms with Crippen molar-refractivity contribution in [1.29, 1.82) is 0 Å². The van der Waals surface area contributed by atoms with Crippen LogP contribution < -0.4 is 5.73 Å². The molecule has 33 heavy (non-hydrogen) atoms. The molecule has 0 amide bonds. The quantitative estimate of drug-likeness (QED) is 0.502. The van der Waals surface area contributed by atoms with Crippen LogP contribution in [0.1, 0.15) is 49.7 Å². The third-order valence-electron chi connectivity index (χ3n) is 8.07. The average molecular weight is 445 g/mol. The molecule has 2 fully saturated rings. The van der Waals surface area contributed by atoms with Crippen molar-refractivity contribution in [3.63, 3.8) is 0 Å². The molecule has 0 bridgehead atoms. The van der Waals surface area contributed by atoms with Gasteiger partial charge in [0.2, 0.25) is 0 Å². The lowest BCUT2D eigenvalue weighted by molar-refractivity contribution is -0.113. The lowest BCUT2D eigenvalue weighted by atomic mass is 9.59. The summed E-state index contributed by atoms with van der Waals surface area (Å²) in [5.74, 6) is 0.0381. The normalized spacial score (nSPS) is 23.0. The summed E-state index contributed by atoms with van der Waals surface area (Å²) in [6.07, 6.45) is 11.1. The number of benzene rings is 2. The predicted molar refractivity (Wildman–Crippen MR) is 130 cm³/mol. The zero-order valence-corrected chi connectivity index (χ0v) is 19.2. The van der Waals surface area contributed by atoms with E-state index in [1.54, 1.807) is 12.1 Å². The Hall–Kier alpha value is -2.56. The molecule has 172 valence electrons. The lowest BCUT2D eigenvalue weighted by Gasteiger charge is -2.51. The fraction of sp³-hybridized carbons (Fsp3) is 0.414. The van der Waals surface area contributed by atoms with Crippen molar-refractivity contribution in [3.8, 4) is 11.1 Å². The molecule has 1 saturated heterocycles. The summed E-state index contributed by atoms with van der Waals surface area (Å²) in [7, 11) is 0. The van der Waals surface area contributed by atoms with Crippen LogP contribution in [0.5, 0.6) is 0 Å². The first-order chi connectivity index (χ1) is 16.1. The van der Waals surface area contributed by atoms with Crippen molar-refractivity contribution in [2.24, 2.45) is 11.7 Å². The minimum atomic E-state index is -0.191. The number of nitrogens with two attached hydrogens (primary N) is 1. The van der Waals surface area contributed by atoms with Gasteiger partial charge in [0.15, 0.2) is 0 Å². The third-order valence-corrected chi connectivity index (χ3v) is 8.07. The van der Waals surface area contributed by atoms with Crippen molar-refractivity contribution >= 4 is 0 Å². The van der Waals surface area contributed by atoms with Gasteiger partial charge >= 0.3 is 0 Å². The Labute approximate surface area is 196 Å². The maximum atomic E-state index is 13.9. The van der Waals surface area contributed by atoms with Gasteiger partial charge in [-0.2, -0.15) is 0 Å². The summed E-state index contributed by atoms with van der Waals surface area (Å²) in [5, 5.41) is 0. The molecule has 4 heteroatoms. The lowest BCUT2D eigenvalue weighted by Crippen LogP contribution is -2.52. The molecule has 2 aromatic carbocycles. The van der Waals surface area contributed by atoms with Crippen LogP contribution in [-0.4, -0.2) is 23.7 Å². The molecular weight excluding hydrogens is 411 g/mol. The number of aromatic nitrogens is 1. The van der Waals surface area contributed by atoms with E-state index in [1.165, 1.54) is 35.1 Å². The molecule has 2 N–H and O–H groups in total. The van der Waals surface area contributed by atoms with Gasteiger partial charge in [-0.3, -0.25) is 4.98 Å². The molecule has 3 nitrogen and oxygen atoms in total. The second-order valence-electron chi connectivity index (χ2n) is 9.86. The number of pyridine rings is 1. The van der Waals surface area contributed by atoms with Gasteiger partial charge in [-0.15, -0.1) is 0 Å². The van der Waals surface area contributed by atoms with Gasteiger partial charge < -0.3 is 10.5 Å². The first-order valence-electron chi connectivity index (χ1n) is 12.2. The van der Waals surface area contributed by atoms with Crippen LogP contribution in [0.25, 0.3) is 11.1 Å². The smallest absolute Gasteiger partial charge is 0.123 e. The highest BCUT2D eigenvalue weighted by Gasteiger charge is 2.51. The van der Waals surface area contributed by atoms with E-state index >= 15 is 0 Å². The molecule has 5 rings (SSSR count). The Balaban J connectivity index is 1.56. The van der Waals surface area contributed by atoms with Crippen molar-refractivity contribution < 1.29 is 9.13 Å². The Morgan fingerprint density at radius 2 is 1.67 bits per heavy atom. The van der Waals surface area contributed by atoms with E-state index in [0.717, 1.165) is 38.7 Å². The molecule has 2 heterocycles. The summed E-state index contributed by atoms with van der Waals surface area (Å²) in [6, 6.07) is 19.9. The first-order valence-corrected chi connectivity index (χ1v) is 12.2. The van der Waals surface area contributed by atoms with Crippen LogP contribution in [0.3, 0.4) is 0 Å². The zero-order valence-electron chi connectivity index (χ0n) is 19.2. The first kappa shape index (κ1) is 22.2. The molecular formula is C29H33FN2O. The standard InChI is InChI=1S/C29H33FN2O/c30-26-9-7-24(8-10-26)29(15-18-33-28(21-29)13-3-4-14-28)25(20-31)19-23-5-1-2-6-27(23)22-11-16-32-17-12-22/h1-2,5-12,16-17,25H,3-4,13-15,18-21,31H2/t25-,29?/m0/s1. The van der Waals surface area contributed by atoms with E-state index in [4.69, 9.17) is 10.5 Å². The van der Waals surface area contributed by atoms with E-state index in [9.17, 15) is 4.39 Å². The fourth-order valence-corrected chi connectivity index (χ4v) is 6.40. The van der Waals surface area contributed by atoms with Crippen molar-refractivity contribution in [2.45, 2.75) is 56.0 Å². The largest absolute Gasteiger partial charge is 0.375 e. The van der Waals surface area contributed by atoms with Crippen LogP contribution >= 0.6 is 0 Å². The number of ether oxygens (including phenoxy) is 1. The predicted octanol–water partition coefficient (Wildman–Crippen LogP) is 6.07. The SMILES string of the molecule is NC[C@H](Cc1ccccc1-c1ccncc1)C1(c2ccc(F)cc2)CCOC2(CCCC2)C1. The maximum Gasteiger partial charge on any atom is 0.123 e. The monoisotopic (exact) mass is 444 g/mol. The van der Waals surface area contributed by atoms with E-state index in [-0.39, 0.29) is 22.8 Å². The Kier molecular flexibility index (Phi) is 6.31. The molecule has 3 aromatic rings. The van der Waals surface area contributed by atoms with Crippen molar-refractivity contribution in [3.05, 3.63) is 90.0 Å². The van der Waals surface area contributed by atoms with E-state index in [1.807, 2.05) is 24.5 Å². The van der Waals surface area contributed by atoms with Crippen LogP contribution in [0, 0.1) is 11.7 Å². The second-order valence-corrected chi connectivity index (χ2v) is 9.86. The molecule has 1 unspecified atom stereocenters. The molecule has 1 spiro atoms. The van der Waals surface area contributed by atoms with Crippen LogP contribution in [0.4, 0.5) is 4.39 Å². The van der Waals surface area contributed by atoms with Gasteiger partial charge in [0.1, 0.15) is 5.82 Å². The Morgan fingerprint density at radius 3 is 2.39 bits per heavy atom. The summed E-state index contributed by atoms with van der Waals surface area (Å²) in [6.45, 7) is 1.32. The third kappa shape index (κ3) is 4.34. The molecule has 0 radical (unpaired) electrons. The molecule has 1 aromatic heterocycles. The number of halogens is 1. The van der Waals surface area contributed by atoms with E-state index in [2.05, 4.69) is 41.4 Å². The maximum absolute atomic E-state index is 13.9. The molecule has 2 aliphatic rings. The highest BCUT2D eigenvalue weighted by molar-refractivity contribution is 5.66. The topological polar surface area (TPSA) is 48.1 Å². The fourth-order valence-electron chi connectivity index (χ4n) is 6.40. The van der Waals surface area contributed by atoms with Gasteiger partial charge in [0.05, 0.1) is 5.60 Å². The van der Waals surface area contributed by atoms with Gasteiger partial charge in [-0.25, -0.2) is 4.39 Å². The number of hydrogen-bond acceptors (Lipinski definition) is 3. The summed E-state index contributed by atoms with van der Waals surface area (Å²) in [4.78, 5) is 4.19. The molecule has 1 aliphatic heterocycles. The van der Waals surface area contributed by atoms with E-state index in [0.29, 0.717) is 6.54 Å². The average Bonchev–Trinajstić information content (AvgIpc) is 3.30. The van der Waals surface area contributed by atoms with E-state index < -0.39 is 0 Å². The van der Waals surface area contributed by atoms with Crippen LogP contribution in [0.2, 0.25) is 0 Å². The highest BCUT2D eigenvalue weighted by atomic mass is 19.1. The minimum absolute atomic E-state index is 0.0648.